The SMILES string of the molecule is CCn1cc(CN2CC[C@H](Oc3ccccc3)[C@@](C)(O)C2)cn1. The lowest BCUT2D eigenvalue weighted by atomic mass is 9.91. The minimum atomic E-state index is -0.866. The van der Waals surface area contributed by atoms with Gasteiger partial charge in [-0.15, -0.1) is 0 Å². The van der Waals surface area contributed by atoms with E-state index in [2.05, 4.69) is 23.1 Å². The van der Waals surface area contributed by atoms with Gasteiger partial charge in [-0.25, -0.2) is 0 Å². The molecule has 23 heavy (non-hydrogen) atoms. The summed E-state index contributed by atoms with van der Waals surface area (Å²) in [5, 5.41) is 15.1. The maximum atomic E-state index is 10.8. The molecule has 1 N–H and O–H groups in total. The molecule has 2 atom stereocenters. The number of β-amino-alcohol motifs (C(OH)–C–C–N with tert-alkyl or cyclic N) is 1. The molecule has 0 saturated carbocycles. The van der Waals surface area contributed by atoms with Crippen LogP contribution in [0, 0.1) is 0 Å². The first kappa shape index (κ1) is 16.0. The summed E-state index contributed by atoms with van der Waals surface area (Å²) in [6.45, 7) is 7.14. The molecule has 2 aromatic rings. The van der Waals surface area contributed by atoms with Gasteiger partial charge in [0.25, 0.3) is 0 Å². The minimum Gasteiger partial charge on any atom is -0.487 e. The molecule has 0 spiro atoms. The van der Waals surface area contributed by atoms with E-state index in [4.69, 9.17) is 4.74 Å². The highest BCUT2D eigenvalue weighted by Crippen LogP contribution is 2.27. The van der Waals surface area contributed by atoms with Gasteiger partial charge in [0.1, 0.15) is 17.5 Å². The molecule has 0 bridgehead atoms. The van der Waals surface area contributed by atoms with E-state index >= 15 is 0 Å². The third kappa shape index (κ3) is 3.92. The Morgan fingerprint density at radius 2 is 2.13 bits per heavy atom. The number of ether oxygens (including phenoxy) is 1. The van der Waals surface area contributed by atoms with Gasteiger partial charge in [-0.1, -0.05) is 18.2 Å². The third-order valence-corrected chi connectivity index (χ3v) is 4.38. The molecule has 1 aromatic heterocycles. The fourth-order valence-electron chi connectivity index (χ4n) is 3.15. The second kappa shape index (κ2) is 6.72. The van der Waals surface area contributed by atoms with Crippen molar-refractivity contribution >= 4 is 0 Å². The second-order valence-corrected chi connectivity index (χ2v) is 6.48. The average molecular weight is 315 g/mol. The number of piperidine rings is 1. The van der Waals surface area contributed by atoms with Crippen LogP contribution in [0.2, 0.25) is 0 Å². The Hall–Kier alpha value is -1.85. The summed E-state index contributed by atoms with van der Waals surface area (Å²) >= 11 is 0. The van der Waals surface area contributed by atoms with E-state index in [0.717, 1.165) is 31.8 Å². The molecule has 124 valence electrons. The summed E-state index contributed by atoms with van der Waals surface area (Å²) in [6, 6.07) is 9.72. The van der Waals surface area contributed by atoms with E-state index in [1.54, 1.807) is 0 Å². The van der Waals surface area contributed by atoms with E-state index in [1.165, 1.54) is 5.56 Å². The summed E-state index contributed by atoms with van der Waals surface area (Å²) < 4.78 is 7.93. The van der Waals surface area contributed by atoms with Crippen molar-refractivity contribution in [2.75, 3.05) is 13.1 Å². The monoisotopic (exact) mass is 315 g/mol. The van der Waals surface area contributed by atoms with Gasteiger partial charge in [0, 0.05) is 37.9 Å². The molecule has 0 radical (unpaired) electrons. The van der Waals surface area contributed by atoms with Crippen LogP contribution in [-0.4, -0.2) is 44.6 Å². The summed E-state index contributed by atoms with van der Waals surface area (Å²) in [6.07, 6.45) is 4.61. The molecule has 1 aliphatic heterocycles. The molecule has 1 aromatic carbocycles. The predicted octanol–water partition coefficient (Wildman–Crippen LogP) is 2.31. The lowest BCUT2D eigenvalue weighted by Crippen LogP contribution is -2.56. The van der Waals surface area contributed by atoms with Crippen molar-refractivity contribution in [2.45, 2.75) is 45.1 Å². The van der Waals surface area contributed by atoms with Gasteiger partial charge in [-0.05, 0) is 32.4 Å². The molecular formula is C18H25N3O2. The Balaban J connectivity index is 1.60. The zero-order chi connectivity index (χ0) is 16.3. The van der Waals surface area contributed by atoms with Gasteiger partial charge in [0.05, 0.1) is 6.20 Å². The largest absolute Gasteiger partial charge is 0.487 e. The first-order valence-corrected chi connectivity index (χ1v) is 8.24. The number of rotatable bonds is 5. The predicted molar refractivity (Wildman–Crippen MR) is 89.3 cm³/mol. The summed E-state index contributed by atoms with van der Waals surface area (Å²) in [7, 11) is 0. The molecule has 2 heterocycles. The molecular weight excluding hydrogens is 290 g/mol. The van der Waals surface area contributed by atoms with Crippen molar-refractivity contribution in [2.24, 2.45) is 0 Å². The Kier molecular flexibility index (Phi) is 4.68. The number of aryl methyl sites for hydroxylation is 1. The lowest BCUT2D eigenvalue weighted by Gasteiger charge is -2.42. The van der Waals surface area contributed by atoms with Crippen molar-refractivity contribution in [3.8, 4) is 5.75 Å². The molecule has 5 heteroatoms. The standard InChI is InChI=1S/C18H25N3O2/c1-3-21-13-15(11-19-21)12-20-10-9-17(18(2,22)14-20)23-16-7-5-4-6-8-16/h4-8,11,13,17,22H,3,9-10,12,14H2,1-2H3/t17-,18-/m0/s1. The maximum Gasteiger partial charge on any atom is 0.129 e. The van der Waals surface area contributed by atoms with Crippen LogP contribution in [-0.2, 0) is 13.1 Å². The van der Waals surface area contributed by atoms with Crippen molar-refractivity contribution in [3.63, 3.8) is 0 Å². The number of hydrogen-bond donors (Lipinski definition) is 1. The molecule has 0 unspecified atom stereocenters. The third-order valence-electron chi connectivity index (χ3n) is 4.38. The van der Waals surface area contributed by atoms with Gasteiger partial charge in [0.15, 0.2) is 0 Å². The van der Waals surface area contributed by atoms with E-state index in [0.29, 0.717) is 6.54 Å². The van der Waals surface area contributed by atoms with Gasteiger partial charge in [-0.2, -0.15) is 5.10 Å². The second-order valence-electron chi connectivity index (χ2n) is 6.48. The highest BCUT2D eigenvalue weighted by atomic mass is 16.5. The molecule has 0 aliphatic carbocycles. The number of nitrogens with zero attached hydrogens (tertiary/aromatic N) is 3. The van der Waals surface area contributed by atoms with Crippen molar-refractivity contribution in [3.05, 3.63) is 48.3 Å². The molecule has 0 amide bonds. The molecule has 5 nitrogen and oxygen atoms in total. The number of likely N-dealkylation sites (tertiary alicyclic amines) is 1. The molecule has 3 rings (SSSR count). The Bertz CT molecular complexity index is 624. The van der Waals surface area contributed by atoms with Crippen molar-refractivity contribution in [1.29, 1.82) is 0 Å². The number of para-hydroxylation sites is 1. The highest BCUT2D eigenvalue weighted by molar-refractivity contribution is 5.22. The quantitative estimate of drug-likeness (QED) is 0.920. The van der Waals surface area contributed by atoms with E-state index in [9.17, 15) is 5.11 Å². The molecule has 1 aliphatic rings. The number of aromatic nitrogens is 2. The Morgan fingerprint density at radius 1 is 1.35 bits per heavy atom. The average Bonchev–Trinajstić information content (AvgIpc) is 2.98. The lowest BCUT2D eigenvalue weighted by molar-refractivity contribution is -0.0993. The first-order valence-electron chi connectivity index (χ1n) is 8.24. The topological polar surface area (TPSA) is 50.5 Å². The maximum absolute atomic E-state index is 10.8. The van der Waals surface area contributed by atoms with Crippen LogP contribution in [0.1, 0.15) is 25.8 Å². The zero-order valence-corrected chi connectivity index (χ0v) is 13.9. The van der Waals surface area contributed by atoms with Gasteiger partial charge in [0.2, 0.25) is 0 Å². The van der Waals surface area contributed by atoms with Crippen LogP contribution in [0.4, 0.5) is 0 Å². The number of aliphatic hydroxyl groups is 1. The van der Waals surface area contributed by atoms with Crippen LogP contribution in [0.3, 0.4) is 0 Å². The van der Waals surface area contributed by atoms with Crippen LogP contribution in [0.5, 0.6) is 5.75 Å². The smallest absolute Gasteiger partial charge is 0.129 e. The minimum absolute atomic E-state index is 0.181. The first-order chi connectivity index (χ1) is 11.1. The number of benzene rings is 1. The van der Waals surface area contributed by atoms with E-state index in [1.807, 2.05) is 48.1 Å². The van der Waals surface area contributed by atoms with Crippen molar-refractivity contribution in [1.82, 2.24) is 14.7 Å². The van der Waals surface area contributed by atoms with E-state index in [-0.39, 0.29) is 6.10 Å². The Labute approximate surface area is 137 Å². The van der Waals surface area contributed by atoms with Crippen LogP contribution < -0.4 is 4.74 Å². The highest BCUT2D eigenvalue weighted by Gasteiger charge is 2.39. The Morgan fingerprint density at radius 3 is 2.78 bits per heavy atom. The van der Waals surface area contributed by atoms with Gasteiger partial charge >= 0.3 is 0 Å². The van der Waals surface area contributed by atoms with Crippen LogP contribution in [0.25, 0.3) is 0 Å². The normalized spacial score (nSPS) is 25.4. The van der Waals surface area contributed by atoms with E-state index < -0.39 is 5.60 Å². The van der Waals surface area contributed by atoms with Gasteiger partial charge < -0.3 is 9.84 Å². The zero-order valence-electron chi connectivity index (χ0n) is 13.9. The van der Waals surface area contributed by atoms with Gasteiger partial charge in [-0.3, -0.25) is 9.58 Å². The fraction of sp³-hybridized carbons (Fsp3) is 0.500. The molecule has 1 saturated heterocycles. The number of hydrogen-bond acceptors (Lipinski definition) is 4. The summed E-state index contributed by atoms with van der Waals surface area (Å²) in [5.41, 5.74) is 0.319. The molecule has 1 fully saturated rings. The van der Waals surface area contributed by atoms with Crippen LogP contribution in [0.15, 0.2) is 42.7 Å². The fourth-order valence-corrected chi connectivity index (χ4v) is 3.15. The van der Waals surface area contributed by atoms with Crippen molar-refractivity contribution < 1.29 is 9.84 Å². The summed E-state index contributed by atoms with van der Waals surface area (Å²) in [4.78, 5) is 2.27. The summed E-state index contributed by atoms with van der Waals surface area (Å²) in [5.74, 6) is 0.815. The van der Waals surface area contributed by atoms with Crippen LogP contribution >= 0.6 is 0 Å².